The molecule has 0 fully saturated rings. The van der Waals surface area contributed by atoms with Gasteiger partial charge in [-0.3, -0.25) is 4.79 Å². The Morgan fingerprint density at radius 2 is 1.87 bits per heavy atom. The molecule has 2 aromatic carbocycles. The highest BCUT2D eigenvalue weighted by atomic mass is 16.5. The van der Waals surface area contributed by atoms with Gasteiger partial charge in [0.15, 0.2) is 0 Å². The zero-order valence-electron chi connectivity index (χ0n) is 24.9. The molecule has 0 saturated heterocycles. The third kappa shape index (κ3) is 9.68. The third-order valence-corrected chi connectivity index (χ3v) is 6.51. The number of amides is 1. The molecule has 0 radical (unpaired) electrons. The molecule has 1 aliphatic rings. The Kier molecular flexibility index (Phi) is 13.5. The summed E-state index contributed by atoms with van der Waals surface area (Å²) >= 11 is 0. The molecule has 2 aromatic rings. The summed E-state index contributed by atoms with van der Waals surface area (Å²) in [5, 5.41) is 3.07. The smallest absolute Gasteiger partial charge is 0.261 e. The quantitative estimate of drug-likeness (QED) is 0.359. The summed E-state index contributed by atoms with van der Waals surface area (Å²) in [4.78, 5) is 24.1. The van der Waals surface area contributed by atoms with Crippen LogP contribution in [0, 0.1) is 0 Å². The zero-order chi connectivity index (χ0) is 28.8. The summed E-state index contributed by atoms with van der Waals surface area (Å²) in [6, 6.07) is 18.4. The largest absolute Gasteiger partial charge is 0.376 e. The minimum absolute atomic E-state index is 0.000971. The molecule has 1 amide bonds. The van der Waals surface area contributed by atoms with E-state index in [2.05, 4.69) is 65.0 Å². The van der Waals surface area contributed by atoms with Crippen molar-refractivity contribution in [2.24, 2.45) is 4.99 Å². The van der Waals surface area contributed by atoms with Gasteiger partial charge in [-0.05, 0) is 57.6 Å². The summed E-state index contributed by atoms with van der Waals surface area (Å²) in [7, 11) is 6.15. The van der Waals surface area contributed by atoms with Gasteiger partial charge < -0.3 is 24.8 Å². The number of benzene rings is 2. The van der Waals surface area contributed by atoms with Crippen LogP contribution in [0.15, 0.2) is 83.3 Å². The predicted octanol–water partition coefficient (Wildman–Crippen LogP) is 5.63. The lowest BCUT2D eigenvalue weighted by molar-refractivity contribution is -0.114. The van der Waals surface area contributed by atoms with E-state index in [1.165, 1.54) is 5.56 Å². The number of ether oxygens (including phenoxy) is 1. The number of nitrogens with zero attached hydrogens (tertiary/aromatic N) is 4. The van der Waals surface area contributed by atoms with E-state index >= 15 is 0 Å². The molecular weight excluding hydrogens is 486 g/mol. The van der Waals surface area contributed by atoms with Crippen molar-refractivity contribution in [3.8, 4) is 0 Å². The summed E-state index contributed by atoms with van der Waals surface area (Å²) < 4.78 is 6.42. The molecule has 1 heterocycles. The van der Waals surface area contributed by atoms with Crippen LogP contribution in [0.3, 0.4) is 0 Å². The van der Waals surface area contributed by atoms with Crippen LogP contribution >= 0.6 is 0 Å². The lowest BCUT2D eigenvalue weighted by atomic mass is 10.1. The Balaban J connectivity index is 0.00000260. The maximum absolute atomic E-state index is 13.6. The number of allylic oxidation sites excluding steroid dienone is 1. The Hall–Kier alpha value is -3.42. The van der Waals surface area contributed by atoms with Gasteiger partial charge in [-0.25, -0.2) is 4.99 Å². The van der Waals surface area contributed by atoms with Crippen LogP contribution in [-0.2, 0) is 16.1 Å². The van der Waals surface area contributed by atoms with Crippen LogP contribution in [0.4, 0.5) is 5.69 Å². The average molecular weight is 534 g/mol. The summed E-state index contributed by atoms with van der Waals surface area (Å²) in [5.41, 5.74) is 4.52. The van der Waals surface area contributed by atoms with Crippen molar-refractivity contribution < 1.29 is 9.53 Å². The molecule has 3 rings (SSSR count). The van der Waals surface area contributed by atoms with E-state index in [1.807, 2.05) is 70.0 Å². The maximum atomic E-state index is 13.6. The fraction of sp³-hybridized carbons (Fsp3) is 0.438. The van der Waals surface area contributed by atoms with Gasteiger partial charge >= 0.3 is 0 Å². The molecule has 7 nitrogen and oxygen atoms in total. The standard InChI is InChI=1S/C30H41N5O2.C2H6/c1-7-31-24(3)32-21-28-23(2)34(6)18-19-35(30(28)36)27-15-11-12-25(20-27)22-37-29(16-17-33(4)5)26-13-9-8-10-14-26;1-2/h8-15,20-21,29,31H,3,7,16-19,22H2,1-2,4-6H3;1-2H3/b32-21-;. The first-order valence-electron chi connectivity index (χ1n) is 13.9. The van der Waals surface area contributed by atoms with E-state index in [9.17, 15) is 4.79 Å². The first-order chi connectivity index (χ1) is 18.8. The Bertz CT molecular complexity index is 1110. The van der Waals surface area contributed by atoms with Crippen molar-refractivity contribution in [2.75, 3.05) is 52.2 Å². The molecular formula is C32H47N5O2. The number of carbonyl (C=O) groups excluding carboxylic acids is 1. The molecule has 212 valence electrons. The van der Waals surface area contributed by atoms with Gasteiger partial charge in [-0.2, -0.15) is 0 Å². The van der Waals surface area contributed by atoms with E-state index in [-0.39, 0.29) is 12.0 Å². The molecule has 0 aromatic heterocycles. The van der Waals surface area contributed by atoms with Crippen LogP contribution in [0.5, 0.6) is 0 Å². The second kappa shape index (κ2) is 16.5. The fourth-order valence-electron chi connectivity index (χ4n) is 4.21. The van der Waals surface area contributed by atoms with Crippen LogP contribution in [-0.4, -0.2) is 69.2 Å². The molecule has 0 spiro atoms. The van der Waals surface area contributed by atoms with Gasteiger partial charge in [-0.1, -0.05) is 62.9 Å². The fourth-order valence-corrected chi connectivity index (χ4v) is 4.21. The highest BCUT2D eigenvalue weighted by Gasteiger charge is 2.26. The van der Waals surface area contributed by atoms with E-state index in [4.69, 9.17) is 4.74 Å². The second-order valence-corrected chi connectivity index (χ2v) is 9.58. The number of likely N-dealkylation sites (N-methyl/N-ethyl adjacent to an activating group) is 1. The number of carbonyl (C=O) groups is 1. The Morgan fingerprint density at radius 1 is 1.15 bits per heavy atom. The zero-order valence-corrected chi connectivity index (χ0v) is 24.9. The number of hydrogen-bond acceptors (Lipinski definition) is 6. The maximum Gasteiger partial charge on any atom is 0.261 e. The van der Waals surface area contributed by atoms with Crippen molar-refractivity contribution in [1.82, 2.24) is 15.1 Å². The summed E-state index contributed by atoms with van der Waals surface area (Å²) in [6.45, 7) is 15.3. The number of nitrogens with one attached hydrogen (secondary N) is 1. The summed E-state index contributed by atoms with van der Waals surface area (Å²) in [5.74, 6) is 0.469. The van der Waals surface area contributed by atoms with Crippen molar-refractivity contribution >= 4 is 17.8 Å². The topological polar surface area (TPSA) is 60.4 Å². The van der Waals surface area contributed by atoms with Crippen LogP contribution in [0.1, 0.15) is 51.3 Å². The minimum Gasteiger partial charge on any atom is -0.376 e. The number of anilines is 1. The van der Waals surface area contributed by atoms with Crippen LogP contribution < -0.4 is 10.2 Å². The van der Waals surface area contributed by atoms with Gasteiger partial charge in [0.05, 0.1) is 18.3 Å². The second-order valence-electron chi connectivity index (χ2n) is 9.58. The normalized spacial score (nSPS) is 14.8. The molecule has 0 bridgehead atoms. The highest BCUT2D eigenvalue weighted by Crippen LogP contribution is 2.26. The lowest BCUT2D eigenvalue weighted by Gasteiger charge is -2.23. The predicted molar refractivity (Wildman–Crippen MR) is 164 cm³/mol. The Labute approximate surface area is 235 Å². The highest BCUT2D eigenvalue weighted by molar-refractivity contribution is 6.19. The molecule has 1 aliphatic heterocycles. The molecule has 39 heavy (non-hydrogen) atoms. The number of aliphatic imine (C=N–C) groups is 1. The van der Waals surface area contributed by atoms with Crippen molar-refractivity contribution in [3.05, 3.63) is 89.4 Å². The molecule has 1 N–H and O–H groups in total. The molecule has 7 heteroatoms. The number of rotatable bonds is 12. The van der Waals surface area contributed by atoms with Gasteiger partial charge in [0.1, 0.15) is 5.82 Å². The van der Waals surface area contributed by atoms with Gasteiger partial charge in [0, 0.05) is 50.8 Å². The SMILES string of the molecule is C=C(/N=C\C1=C(C)N(C)CCN(c2cccc(COC(CCN(C)C)c3ccccc3)c2)C1=O)NCC.CC. The van der Waals surface area contributed by atoms with Crippen molar-refractivity contribution in [2.45, 2.75) is 46.8 Å². The average Bonchev–Trinajstić information content (AvgIpc) is 3.04. The monoisotopic (exact) mass is 533 g/mol. The molecule has 0 aliphatic carbocycles. The molecule has 1 unspecified atom stereocenters. The summed E-state index contributed by atoms with van der Waals surface area (Å²) in [6.07, 6.45) is 2.53. The first kappa shape index (κ1) is 31.8. The minimum atomic E-state index is -0.0684. The van der Waals surface area contributed by atoms with Crippen LogP contribution in [0.25, 0.3) is 0 Å². The number of hydrogen-bond donors (Lipinski definition) is 1. The lowest BCUT2D eigenvalue weighted by Crippen LogP contribution is -2.34. The van der Waals surface area contributed by atoms with Gasteiger partial charge in [-0.15, -0.1) is 0 Å². The van der Waals surface area contributed by atoms with E-state index in [0.29, 0.717) is 24.5 Å². The van der Waals surface area contributed by atoms with E-state index in [1.54, 1.807) is 6.21 Å². The van der Waals surface area contributed by atoms with Gasteiger partial charge in [0.25, 0.3) is 5.91 Å². The van der Waals surface area contributed by atoms with E-state index in [0.717, 1.165) is 43.0 Å². The molecule has 1 atom stereocenters. The Morgan fingerprint density at radius 3 is 2.54 bits per heavy atom. The molecule has 0 saturated carbocycles. The van der Waals surface area contributed by atoms with Crippen molar-refractivity contribution in [3.63, 3.8) is 0 Å². The van der Waals surface area contributed by atoms with Crippen molar-refractivity contribution in [1.29, 1.82) is 0 Å². The van der Waals surface area contributed by atoms with E-state index < -0.39 is 0 Å². The first-order valence-corrected chi connectivity index (χ1v) is 13.9. The van der Waals surface area contributed by atoms with Gasteiger partial charge in [0.2, 0.25) is 0 Å². The third-order valence-electron chi connectivity index (χ3n) is 6.51. The van der Waals surface area contributed by atoms with Crippen LogP contribution in [0.2, 0.25) is 0 Å².